The van der Waals surface area contributed by atoms with Gasteiger partial charge in [-0.05, 0) is 17.4 Å². The van der Waals surface area contributed by atoms with E-state index in [9.17, 15) is 13.2 Å². The molecule has 0 spiro atoms. The van der Waals surface area contributed by atoms with Crippen LogP contribution in [-0.4, -0.2) is 20.2 Å². The summed E-state index contributed by atoms with van der Waals surface area (Å²) in [6.45, 7) is 1.54. The van der Waals surface area contributed by atoms with Gasteiger partial charge in [0.15, 0.2) is 17.5 Å². The average molecular weight is 263 g/mol. The quantitative estimate of drug-likeness (QED) is 0.781. The van der Waals surface area contributed by atoms with Gasteiger partial charge in [-0.25, -0.2) is 13.2 Å². The number of alkyl halides is 1. The summed E-state index contributed by atoms with van der Waals surface area (Å²) in [5.41, 5.74) is -0.557. The lowest BCUT2D eigenvalue weighted by Crippen LogP contribution is -2.09. The fourth-order valence-electron chi connectivity index (χ4n) is 1.34. The SMILES string of the molecule is CC(Cl)c1nnnn1-c1c(F)cc(F)cc1F. The van der Waals surface area contributed by atoms with Crippen LogP contribution in [-0.2, 0) is 0 Å². The van der Waals surface area contributed by atoms with Crippen LogP contribution in [0.15, 0.2) is 12.1 Å². The fourth-order valence-corrected chi connectivity index (χ4v) is 1.47. The van der Waals surface area contributed by atoms with Gasteiger partial charge in [0.05, 0.1) is 5.38 Å². The molecule has 90 valence electrons. The first-order valence-corrected chi connectivity index (χ1v) is 5.01. The van der Waals surface area contributed by atoms with E-state index >= 15 is 0 Å². The molecular weight excluding hydrogens is 257 g/mol. The highest BCUT2D eigenvalue weighted by Crippen LogP contribution is 2.23. The van der Waals surface area contributed by atoms with Gasteiger partial charge in [0.1, 0.15) is 11.5 Å². The Morgan fingerprint density at radius 1 is 1.24 bits per heavy atom. The van der Waals surface area contributed by atoms with E-state index in [0.717, 1.165) is 4.68 Å². The predicted molar refractivity (Wildman–Crippen MR) is 53.3 cm³/mol. The zero-order valence-corrected chi connectivity index (χ0v) is 9.29. The Bertz CT molecular complexity index is 532. The van der Waals surface area contributed by atoms with Crippen LogP contribution in [0.3, 0.4) is 0 Å². The minimum absolute atomic E-state index is 0.0658. The van der Waals surface area contributed by atoms with Crippen LogP contribution in [0.25, 0.3) is 5.69 Å². The van der Waals surface area contributed by atoms with Crippen molar-refractivity contribution in [3.05, 3.63) is 35.4 Å². The fraction of sp³-hybridized carbons (Fsp3) is 0.222. The number of rotatable bonds is 2. The Morgan fingerprint density at radius 3 is 2.35 bits per heavy atom. The first-order valence-electron chi connectivity index (χ1n) is 4.58. The molecule has 17 heavy (non-hydrogen) atoms. The summed E-state index contributed by atoms with van der Waals surface area (Å²) in [6, 6.07) is 1.09. The van der Waals surface area contributed by atoms with Crippen molar-refractivity contribution in [2.45, 2.75) is 12.3 Å². The van der Waals surface area contributed by atoms with E-state index in [0.29, 0.717) is 12.1 Å². The van der Waals surface area contributed by atoms with Gasteiger partial charge in [0, 0.05) is 12.1 Å². The molecule has 8 heteroatoms. The Labute approximate surface area is 99.0 Å². The number of hydrogen-bond donors (Lipinski definition) is 0. The third-order valence-electron chi connectivity index (χ3n) is 2.04. The van der Waals surface area contributed by atoms with Crippen molar-refractivity contribution in [2.24, 2.45) is 0 Å². The van der Waals surface area contributed by atoms with Crippen molar-refractivity contribution < 1.29 is 13.2 Å². The van der Waals surface area contributed by atoms with Crippen LogP contribution in [0.5, 0.6) is 0 Å². The van der Waals surface area contributed by atoms with E-state index in [1.807, 2.05) is 0 Å². The monoisotopic (exact) mass is 262 g/mol. The van der Waals surface area contributed by atoms with Crippen molar-refractivity contribution in [1.29, 1.82) is 0 Å². The molecule has 0 fully saturated rings. The second-order valence-electron chi connectivity index (χ2n) is 3.28. The molecule has 4 nitrogen and oxygen atoms in total. The molecule has 0 aliphatic rings. The first-order chi connectivity index (χ1) is 8.00. The molecule has 1 heterocycles. The molecule has 0 aliphatic heterocycles. The van der Waals surface area contributed by atoms with Gasteiger partial charge in [-0.3, -0.25) is 0 Å². The standard InChI is InChI=1S/C9H6ClF3N4/c1-4(10)9-14-15-16-17(9)8-6(12)2-5(11)3-7(8)13/h2-4H,1H3. The van der Waals surface area contributed by atoms with Crippen molar-refractivity contribution >= 4 is 11.6 Å². The maximum absolute atomic E-state index is 13.5. The van der Waals surface area contributed by atoms with E-state index in [2.05, 4.69) is 15.5 Å². The predicted octanol–water partition coefficient (Wildman–Crippen LogP) is 2.38. The highest BCUT2D eigenvalue weighted by Gasteiger charge is 2.20. The smallest absolute Gasteiger partial charge is 0.174 e. The summed E-state index contributed by atoms with van der Waals surface area (Å²) in [4.78, 5) is 0. The lowest BCUT2D eigenvalue weighted by molar-refractivity contribution is 0.522. The molecule has 1 unspecified atom stereocenters. The zero-order valence-electron chi connectivity index (χ0n) is 8.53. The Hall–Kier alpha value is -1.63. The van der Waals surface area contributed by atoms with Crippen molar-refractivity contribution in [2.75, 3.05) is 0 Å². The van der Waals surface area contributed by atoms with Crippen LogP contribution in [0.1, 0.15) is 18.1 Å². The maximum Gasteiger partial charge on any atom is 0.174 e. The van der Waals surface area contributed by atoms with Crippen LogP contribution >= 0.6 is 11.6 Å². The molecule has 0 radical (unpaired) electrons. The van der Waals surface area contributed by atoms with Gasteiger partial charge in [-0.15, -0.1) is 16.7 Å². The minimum atomic E-state index is -1.10. The minimum Gasteiger partial charge on any atom is -0.207 e. The number of aromatic nitrogens is 4. The van der Waals surface area contributed by atoms with E-state index in [1.165, 1.54) is 0 Å². The van der Waals surface area contributed by atoms with Gasteiger partial charge in [0.2, 0.25) is 0 Å². The maximum atomic E-state index is 13.5. The van der Waals surface area contributed by atoms with E-state index in [-0.39, 0.29) is 5.82 Å². The van der Waals surface area contributed by atoms with Gasteiger partial charge >= 0.3 is 0 Å². The first kappa shape index (κ1) is 11.8. The van der Waals surface area contributed by atoms with Crippen molar-refractivity contribution in [3.63, 3.8) is 0 Å². The summed E-state index contributed by atoms with van der Waals surface area (Å²) < 4.78 is 40.5. The molecule has 1 aromatic heterocycles. The molecule has 0 saturated heterocycles. The second-order valence-corrected chi connectivity index (χ2v) is 3.94. The average Bonchev–Trinajstić information content (AvgIpc) is 2.64. The molecule has 2 aromatic rings. The topological polar surface area (TPSA) is 43.6 Å². The molecule has 0 amide bonds. The highest BCUT2D eigenvalue weighted by molar-refractivity contribution is 6.20. The molecule has 0 N–H and O–H groups in total. The van der Waals surface area contributed by atoms with E-state index in [4.69, 9.17) is 11.6 Å². The van der Waals surface area contributed by atoms with Crippen molar-refractivity contribution in [3.8, 4) is 5.69 Å². The number of hydrogen-bond acceptors (Lipinski definition) is 3. The molecule has 1 atom stereocenters. The lowest BCUT2D eigenvalue weighted by atomic mass is 10.2. The summed E-state index contributed by atoms with van der Waals surface area (Å²) >= 11 is 5.75. The van der Waals surface area contributed by atoms with Crippen LogP contribution in [0.2, 0.25) is 0 Å². The van der Waals surface area contributed by atoms with Gasteiger partial charge in [-0.1, -0.05) is 0 Å². The number of tetrazole rings is 1. The third-order valence-corrected chi connectivity index (χ3v) is 2.24. The summed E-state index contributed by atoms with van der Waals surface area (Å²) in [7, 11) is 0. The molecule has 0 aliphatic carbocycles. The molecular formula is C9H6ClF3N4. The zero-order chi connectivity index (χ0) is 12.6. The molecule has 2 rings (SSSR count). The molecule has 0 saturated carbocycles. The summed E-state index contributed by atoms with van der Waals surface area (Å²) in [6.07, 6.45) is 0. The van der Waals surface area contributed by atoms with E-state index in [1.54, 1.807) is 6.92 Å². The molecule has 0 bridgehead atoms. The van der Waals surface area contributed by atoms with Crippen LogP contribution in [0, 0.1) is 17.5 Å². The van der Waals surface area contributed by atoms with Gasteiger partial charge < -0.3 is 0 Å². The molecule has 1 aromatic carbocycles. The van der Waals surface area contributed by atoms with E-state index < -0.39 is 28.5 Å². The normalized spacial score (nSPS) is 12.8. The number of halogens is 4. The lowest BCUT2D eigenvalue weighted by Gasteiger charge is -2.07. The van der Waals surface area contributed by atoms with Crippen LogP contribution in [0.4, 0.5) is 13.2 Å². The number of nitrogens with zero attached hydrogens (tertiary/aromatic N) is 4. The Morgan fingerprint density at radius 2 is 1.82 bits per heavy atom. The third kappa shape index (κ3) is 2.10. The Balaban J connectivity index is 2.64. The summed E-state index contributed by atoms with van der Waals surface area (Å²) in [5, 5.41) is 9.60. The number of benzene rings is 1. The second kappa shape index (κ2) is 4.33. The van der Waals surface area contributed by atoms with Gasteiger partial charge in [-0.2, -0.15) is 4.68 Å². The Kier molecular flexibility index (Phi) is 3.01. The highest BCUT2D eigenvalue weighted by atomic mass is 35.5. The van der Waals surface area contributed by atoms with Gasteiger partial charge in [0.25, 0.3) is 0 Å². The van der Waals surface area contributed by atoms with Crippen molar-refractivity contribution in [1.82, 2.24) is 20.2 Å². The largest absolute Gasteiger partial charge is 0.207 e. The van der Waals surface area contributed by atoms with Crippen LogP contribution < -0.4 is 0 Å². The summed E-state index contributed by atoms with van der Waals surface area (Å²) in [5.74, 6) is -3.16.